The van der Waals surface area contributed by atoms with Crippen molar-refractivity contribution >= 4 is 45.6 Å². The summed E-state index contributed by atoms with van der Waals surface area (Å²) in [6.07, 6.45) is 10.6. The van der Waals surface area contributed by atoms with Crippen molar-refractivity contribution < 1.29 is 14.3 Å². The van der Waals surface area contributed by atoms with Crippen molar-refractivity contribution in [2.75, 3.05) is 37.0 Å². The van der Waals surface area contributed by atoms with Crippen LogP contribution in [0.5, 0.6) is 11.5 Å². The maximum atomic E-state index is 13.2. The molecule has 1 N–H and O–H groups in total. The summed E-state index contributed by atoms with van der Waals surface area (Å²) in [4.78, 5) is 30.5. The van der Waals surface area contributed by atoms with Gasteiger partial charge in [0.05, 0.1) is 33.9 Å². The number of hydrogen-bond acceptors (Lipinski definition) is 8. The summed E-state index contributed by atoms with van der Waals surface area (Å²) < 4.78 is 12.0. The van der Waals surface area contributed by atoms with Gasteiger partial charge in [0.15, 0.2) is 5.75 Å². The van der Waals surface area contributed by atoms with Gasteiger partial charge in [-0.2, -0.15) is 0 Å². The molecule has 1 saturated carbocycles. The molecule has 41 heavy (non-hydrogen) atoms. The molecule has 2 aromatic carbocycles. The Labute approximate surface area is 243 Å². The zero-order chi connectivity index (χ0) is 28.2. The van der Waals surface area contributed by atoms with E-state index in [2.05, 4.69) is 32.2 Å². The van der Waals surface area contributed by atoms with E-state index in [9.17, 15) is 4.79 Å². The SMILES string of the molecule is CN(C/C=C/C(=O)N1CCOc2c1ccc1ncnc(Nc3ccc(OCc4ccccn4)c(Cl)c3)c21)C1CCC1. The average Bonchev–Trinajstić information content (AvgIpc) is 2.96. The second kappa shape index (κ2) is 12.1. The van der Waals surface area contributed by atoms with Crippen LogP contribution in [0.3, 0.4) is 0 Å². The van der Waals surface area contributed by atoms with Gasteiger partial charge in [0.1, 0.15) is 31.1 Å². The molecule has 1 aliphatic carbocycles. The molecule has 1 amide bonds. The van der Waals surface area contributed by atoms with Gasteiger partial charge in [-0.25, -0.2) is 9.97 Å². The molecule has 0 unspecified atom stereocenters. The van der Waals surface area contributed by atoms with Gasteiger partial charge >= 0.3 is 0 Å². The van der Waals surface area contributed by atoms with Crippen LogP contribution in [0.1, 0.15) is 25.0 Å². The van der Waals surface area contributed by atoms with Crippen LogP contribution in [0.2, 0.25) is 5.02 Å². The van der Waals surface area contributed by atoms with Crippen LogP contribution in [0.15, 0.2) is 73.2 Å². The lowest BCUT2D eigenvalue weighted by molar-refractivity contribution is -0.114. The Bertz CT molecular complexity index is 1580. The van der Waals surface area contributed by atoms with Crippen LogP contribution in [0, 0.1) is 0 Å². The van der Waals surface area contributed by atoms with E-state index >= 15 is 0 Å². The number of carbonyl (C=O) groups excluding carboxylic acids is 1. The molecule has 1 fully saturated rings. The minimum Gasteiger partial charge on any atom is -0.489 e. The van der Waals surface area contributed by atoms with Crippen molar-refractivity contribution in [3.63, 3.8) is 0 Å². The van der Waals surface area contributed by atoms with Crippen LogP contribution < -0.4 is 19.7 Å². The molecular formula is C31H31ClN6O3. The number of pyridine rings is 1. The predicted octanol–water partition coefficient (Wildman–Crippen LogP) is 5.77. The summed E-state index contributed by atoms with van der Waals surface area (Å²) in [6, 6.07) is 15.5. The number of ether oxygens (including phenoxy) is 2. The normalized spacial score (nSPS) is 15.0. The molecule has 0 radical (unpaired) electrons. The molecule has 4 aromatic rings. The Balaban J connectivity index is 1.21. The van der Waals surface area contributed by atoms with Gasteiger partial charge in [-0.15, -0.1) is 0 Å². The highest BCUT2D eigenvalue weighted by atomic mass is 35.5. The van der Waals surface area contributed by atoms with Crippen molar-refractivity contribution in [1.29, 1.82) is 0 Å². The number of nitrogens with zero attached hydrogens (tertiary/aromatic N) is 5. The van der Waals surface area contributed by atoms with E-state index in [0.717, 1.165) is 17.9 Å². The Morgan fingerprint density at radius 1 is 1.20 bits per heavy atom. The summed E-state index contributed by atoms with van der Waals surface area (Å²) in [7, 11) is 2.11. The van der Waals surface area contributed by atoms with E-state index in [1.807, 2.05) is 42.5 Å². The number of carbonyl (C=O) groups is 1. The van der Waals surface area contributed by atoms with Gasteiger partial charge in [0, 0.05) is 30.5 Å². The minimum atomic E-state index is -0.0738. The highest BCUT2D eigenvalue weighted by Gasteiger charge is 2.26. The molecule has 2 aliphatic rings. The van der Waals surface area contributed by atoms with Crippen molar-refractivity contribution in [2.45, 2.75) is 31.9 Å². The Hall–Kier alpha value is -4.21. The monoisotopic (exact) mass is 570 g/mol. The van der Waals surface area contributed by atoms with Crippen LogP contribution in [-0.4, -0.2) is 58.5 Å². The van der Waals surface area contributed by atoms with Crippen molar-refractivity contribution in [3.8, 4) is 11.5 Å². The van der Waals surface area contributed by atoms with Crippen LogP contribution in [-0.2, 0) is 11.4 Å². The molecule has 2 aromatic heterocycles. The standard InChI is InChI=1S/C31H31ClN6O3/c1-37(23-7-4-8-23)15-5-9-28(39)38-16-17-40-30-26(38)12-11-25-29(30)31(35-20-34-25)36-21-10-13-27(24(32)18-21)41-19-22-6-2-3-14-33-22/h2-3,5-6,9-14,18,20,23H,4,7-8,15-17,19H2,1H3,(H,34,35,36)/b9-5+. The summed E-state index contributed by atoms with van der Waals surface area (Å²) in [5, 5.41) is 4.49. The molecule has 0 atom stereocenters. The smallest absolute Gasteiger partial charge is 0.250 e. The Kier molecular flexibility index (Phi) is 7.98. The molecule has 9 nitrogen and oxygen atoms in total. The number of hydrogen-bond donors (Lipinski definition) is 1. The number of benzene rings is 2. The fraction of sp³-hybridized carbons (Fsp3) is 0.290. The first-order valence-electron chi connectivity index (χ1n) is 13.7. The molecule has 3 heterocycles. The second-order valence-electron chi connectivity index (χ2n) is 10.2. The Morgan fingerprint density at radius 2 is 2.10 bits per heavy atom. The van der Waals surface area contributed by atoms with E-state index in [4.69, 9.17) is 21.1 Å². The summed E-state index contributed by atoms with van der Waals surface area (Å²) in [5.74, 6) is 1.61. The average molecular weight is 571 g/mol. The lowest BCUT2D eigenvalue weighted by Gasteiger charge is -2.34. The highest BCUT2D eigenvalue weighted by Crippen LogP contribution is 2.42. The lowest BCUT2D eigenvalue weighted by Crippen LogP contribution is -2.38. The van der Waals surface area contributed by atoms with Crippen molar-refractivity contribution in [2.24, 2.45) is 0 Å². The number of nitrogens with one attached hydrogen (secondary N) is 1. The minimum absolute atomic E-state index is 0.0738. The quantitative estimate of drug-likeness (QED) is 0.254. The topological polar surface area (TPSA) is 92.7 Å². The van der Waals surface area contributed by atoms with Crippen LogP contribution >= 0.6 is 11.6 Å². The maximum absolute atomic E-state index is 13.2. The summed E-state index contributed by atoms with van der Waals surface area (Å²) in [6.45, 7) is 1.90. The van der Waals surface area contributed by atoms with Gasteiger partial charge in [-0.3, -0.25) is 14.7 Å². The molecule has 6 rings (SSSR count). The molecule has 0 spiro atoms. The van der Waals surface area contributed by atoms with Crippen LogP contribution in [0.4, 0.5) is 17.2 Å². The van der Waals surface area contributed by atoms with E-state index < -0.39 is 0 Å². The number of likely N-dealkylation sites (N-methyl/N-ethyl adjacent to an activating group) is 1. The first-order valence-corrected chi connectivity index (χ1v) is 14.1. The Morgan fingerprint density at radius 3 is 2.88 bits per heavy atom. The highest BCUT2D eigenvalue weighted by molar-refractivity contribution is 6.32. The number of amides is 1. The fourth-order valence-corrected chi connectivity index (χ4v) is 5.24. The maximum Gasteiger partial charge on any atom is 0.250 e. The van der Waals surface area contributed by atoms with Gasteiger partial charge in [0.25, 0.3) is 5.91 Å². The van der Waals surface area contributed by atoms with Crippen LogP contribution in [0.25, 0.3) is 10.9 Å². The number of fused-ring (bicyclic) bond motifs is 3. The first-order chi connectivity index (χ1) is 20.1. The van der Waals surface area contributed by atoms with E-state index in [1.165, 1.54) is 25.6 Å². The molecule has 0 bridgehead atoms. The molecule has 210 valence electrons. The van der Waals surface area contributed by atoms with E-state index in [1.54, 1.807) is 29.3 Å². The lowest BCUT2D eigenvalue weighted by atomic mass is 9.92. The van der Waals surface area contributed by atoms with Crippen molar-refractivity contribution in [1.82, 2.24) is 19.9 Å². The molecular weight excluding hydrogens is 540 g/mol. The predicted molar refractivity (Wildman–Crippen MR) is 160 cm³/mol. The summed E-state index contributed by atoms with van der Waals surface area (Å²) in [5.41, 5.74) is 2.93. The zero-order valence-corrected chi connectivity index (χ0v) is 23.6. The second-order valence-corrected chi connectivity index (χ2v) is 10.6. The third kappa shape index (κ3) is 5.96. The number of rotatable bonds is 9. The molecule has 10 heteroatoms. The van der Waals surface area contributed by atoms with E-state index in [0.29, 0.717) is 64.7 Å². The van der Waals surface area contributed by atoms with Gasteiger partial charge in [-0.05, 0) is 62.4 Å². The fourth-order valence-electron chi connectivity index (χ4n) is 5.01. The number of aromatic nitrogens is 3. The first kappa shape index (κ1) is 27.0. The zero-order valence-electron chi connectivity index (χ0n) is 22.8. The number of halogens is 1. The number of anilines is 3. The largest absolute Gasteiger partial charge is 0.489 e. The molecule has 0 saturated heterocycles. The molecule has 1 aliphatic heterocycles. The van der Waals surface area contributed by atoms with Gasteiger partial charge < -0.3 is 19.7 Å². The van der Waals surface area contributed by atoms with Crippen molar-refractivity contribution in [3.05, 3.63) is 83.9 Å². The summed E-state index contributed by atoms with van der Waals surface area (Å²) >= 11 is 6.54. The third-order valence-corrected chi connectivity index (χ3v) is 7.80. The van der Waals surface area contributed by atoms with Gasteiger partial charge in [-0.1, -0.05) is 30.2 Å². The third-order valence-electron chi connectivity index (χ3n) is 7.50. The van der Waals surface area contributed by atoms with Gasteiger partial charge in [0.2, 0.25) is 0 Å². The van der Waals surface area contributed by atoms with E-state index in [-0.39, 0.29) is 5.91 Å².